The lowest BCUT2D eigenvalue weighted by molar-refractivity contribution is -0.122. The van der Waals surface area contributed by atoms with E-state index in [1.54, 1.807) is 43.3 Å². The van der Waals surface area contributed by atoms with Gasteiger partial charge >= 0.3 is 0 Å². The number of phenols is 1. The van der Waals surface area contributed by atoms with Crippen molar-refractivity contribution in [2.75, 3.05) is 0 Å². The molecule has 26 heavy (non-hydrogen) atoms. The van der Waals surface area contributed by atoms with Gasteiger partial charge in [-0.2, -0.15) is 5.10 Å². The Hall–Kier alpha value is -1.71. The average Bonchev–Trinajstić information content (AvgIpc) is 2.59. The molecule has 0 saturated heterocycles. The summed E-state index contributed by atoms with van der Waals surface area (Å²) >= 11 is 9.73. The van der Waals surface area contributed by atoms with Gasteiger partial charge < -0.3 is 10.4 Å². The Kier molecular flexibility index (Phi) is 7.36. The predicted octanol–water partition coefficient (Wildman–Crippen LogP) is 3.95. The molecular formula is C17H14Br3N3O3. The zero-order valence-electron chi connectivity index (χ0n) is 13.5. The Morgan fingerprint density at radius 2 is 1.73 bits per heavy atom. The van der Waals surface area contributed by atoms with Crippen LogP contribution >= 0.6 is 47.8 Å². The van der Waals surface area contributed by atoms with E-state index in [1.807, 2.05) is 0 Å². The van der Waals surface area contributed by atoms with Gasteiger partial charge in [-0.25, -0.2) is 5.43 Å². The van der Waals surface area contributed by atoms with Gasteiger partial charge in [0.15, 0.2) is 0 Å². The molecule has 1 atom stereocenters. The van der Waals surface area contributed by atoms with Gasteiger partial charge in [-0.15, -0.1) is 0 Å². The van der Waals surface area contributed by atoms with Gasteiger partial charge in [-0.1, -0.05) is 12.1 Å². The zero-order valence-corrected chi connectivity index (χ0v) is 18.2. The summed E-state index contributed by atoms with van der Waals surface area (Å²) in [6.45, 7) is 1.56. The maximum absolute atomic E-state index is 12.2. The number of amides is 2. The first-order valence-corrected chi connectivity index (χ1v) is 9.74. The second-order valence-corrected chi connectivity index (χ2v) is 7.81. The molecule has 6 nitrogen and oxygen atoms in total. The van der Waals surface area contributed by atoms with Crippen LogP contribution in [0.2, 0.25) is 0 Å². The molecular weight excluding hydrogens is 534 g/mol. The number of aromatic hydroxyl groups is 1. The lowest BCUT2D eigenvalue weighted by Crippen LogP contribution is -2.43. The summed E-state index contributed by atoms with van der Waals surface area (Å²) in [5, 5.41) is 16.1. The first-order chi connectivity index (χ1) is 12.3. The lowest BCUT2D eigenvalue weighted by Gasteiger charge is -2.12. The maximum Gasteiger partial charge on any atom is 0.262 e. The normalized spacial score (nSPS) is 12.0. The van der Waals surface area contributed by atoms with Crippen LogP contribution in [0.4, 0.5) is 0 Å². The molecule has 0 heterocycles. The minimum Gasteiger partial charge on any atom is -0.506 e. The van der Waals surface area contributed by atoms with Crippen LogP contribution in [0, 0.1) is 0 Å². The number of halogens is 3. The van der Waals surface area contributed by atoms with Crippen molar-refractivity contribution >= 4 is 65.8 Å². The summed E-state index contributed by atoms with van der Waals surface area (Å²) in [5.74, 6) is -0.747. The molecule has 0 aliphatic rings. The summed E-state index contributed by atoms with van der Waals surface area (Å²) < 4.78 is 1.63. The van der Waals surface area contributed by atoms with Gasteiger partial charge in [-0.3, -0.25) is 9.59 Å². The fraction of sp³-hybridized carbons (Fsp3) is 0.118. The van der Waals surface area contributed by atoms with E-state index < -0.39 is 11.9 Å². The summed E-state index contributed by atoms with van der Waals surface area (Å²) in [6.07, 6.45) is 1.43. The largest absolute Gasteiger partial charge is 0.506 e. The summed E-state index contributed by atoms with van der Waals surface area (Å²) in [6, 6.07) is 9.46. The number of hydrogen-bond donors (Lipinski definition) is 3. The molecule has 2 aromatic carbocycles. The number of carbonyl (C=O) groups is 2. The molecule has 0 spiro atoms. The third kappa shape index (κ3) is 5.39. The van der Waals surface area contributed by atoms with E-state index in [9.17, 15) is 14.7 Å². The number of hydrogen-bond acceptors (Lipinski definition) is 4. The highest BCUT2D eigenvalue weighted by atomic mass is 79.9. The molecule has 0 saturated carbocycles. The zero-order chi connectivity index (χ0) is 19.3. The van der Waals surface area contributed by atoms with Crippen LogP contribution in [0.15, 0.2) is 54.9 Å². The molecule has 3 N–H and O–H groups in total. The van der Waals surface area contributed by atoms with Crippen molar-refractivity contribution in [3.8, 4) is 5.75 Å². The van der Waals surface area contributed by atoms with Crippen molar-refractivity contribution in [2.45, 2.75) is 13.0 Å². The minimum atomic E-state index is -0.773. The number of carbonyl (C=O) groups excluding carboxylic acids is 2. The van der Waals surface area contributed by atoms with Crippen molar-refractivity contribution in [1.29, 1.82) is 0 Å². The number of phenolic OH excluding ortho intramolecular Hbond substituents is 1. The van der Waals surface area contributed by atoms with Crippen molar-refractivity contribution < 1.29 is 14.7 Å². The Bertz CT molecular complexity index is 848. The van der Waals surface area contributed by atoms with E-state index >= 15 is 0 Å². The van der Waals surface area contributed by atoms with Crippen molar-refractivity contribution in [1.82, 2.24) is 10.7 Å². The van der Waals surface area contributed by atoms with Gasteiger partial charge in [-0.05, 0) is 84.5 Å². The molecule has 0 aliphatic heterocycles. The Labute approximate surface area is 175 Å². The first kappa shape index (κ1) is 20.6. The quantitative estimate of drug-likeness (QED) is 0.391. The Morgan fingerprint density at radius 1 is 1.12 bits per heavy atom. The van der Waals surface area contributed by atoms with Crippen molar-refractivity contribution in [3.05, 3.63) is 60.9 Å². The Balaban J connectivity index is 1.95. The van der Waals surface area contributed by atoms with Gasteiger partial charge in [0, 0.05) is 4.47 Å². The SMILES string of the molecule is CC(NC(=O)c1ccccc1Br)C(=O)NN=Cc1cc(Br)c(O)c(Br)c1. The van der Waals surface area contributed by atoms with Crippen LogP contribution in [0.3, 0.4) is 0 Å². The molecule has 2 amide bonds. The van der Waals surface area contributed by atoms with E-state index in [1.165, 1.54) is 6.21 Å². The molecule has 136 valence electrons. The van der Waals surface area contributed by atoms with Crippen LogP contribution in [-0.2, 0) is 4.79 Å². The number of hydrazone groups is 1. The summed E-state index contributed by atoms with van der Waals surface area (Å²) in [7, 11) is 0. The Morgan fingerprint density at radius 3 is 2.35 bits per heavy atom. The van der Waals surface area contributed by atoms with Crippen molar-refractivity contribution in [3.63, 3.8) is 0 Å². The minimum absolute atomic E-state index is 0.0783. The van der Waals surface area contributed by atoms with E-state index in [0.29, 0.717) is 24.5 Å². The fourth-order valence-electron chi connectivity index (χ4n) is 1.91. The first-order valence-electron chi connectivity index (χ1n) is 7.36. The monoisotopic (exact) mass is 545 g/mol. The molecule has 2 aromatic rings. The summed E-state index contributed by atoms with van der Waals surface area (Å²) in [5.41, 5.74) is 3.47. The topological polar surface area (TPSA) is 90.8 Å². The van der Waals surface area contributed by atoms with Crippen LogP contribution < -0.4 is 10.7 Å². The smallest absolute Gasteiger partial charge is 0.262 e. The third-order valence-electron chi connectivity index (χ3n) is 3.29. The van der Waals surface area contributed by atoms with Gasteiger partial charge in [0.05, 0.1) is 20.7 Å². The molecule has 1 unspecified atom stereocenters. The molecule has 0 bridgehead atoms. The van der Waals surface area contributed by atoms with Gasteiger partial charge in [0.2, 0.25) is 0 Å². The molecule has 0 aliphatic carbocycles. The molecule has 0 radical (unpaired) electrons. The van der Waals surface area contributed by atoms with E-state index in [0.717, 1.165) is 0 Å². The standard InChI is InChI=1S/C17H14Br3N3O3/c1-9(22-17(26)11-4-2-3-5-12(11)18)16(25)23-21-8-10-6-13(19)15(24)14(20)7-10/h2-9,24H,1H3,(H,22,26)(H,23,25). The molecule has 0 aromatic heterocycles. The van der Waals surface area contributed by atoms with Crippen molar-refractivity contribution in [2.24, 2.45) is 5.10 Å². The average molecular weight is 548 g/mol. The van der Waals surface area contributed by atoms with Crippen LogP contribution in [0.25, 0.3) is 0 Å². The predicted molar refractivity (Wildman–Crippen MR) is 110 cm³/mol. The highest BCUT2D eigenvalue weighted by Crippen LogP contribution is 2.32. The van der Waals surface area contributed by atoms with Gasteiger partial charge in [0.1, 0.15) is 11.8 Å². The molecule has 0 fully saturated rings. The number of nitrogens with one attached hydrogen (secondary N) is 2. The lowest BCUT2D eigenvalue weighted by atomic mass is 10.2. The summed E-state index contributed by atoms with van der Waals surface area (Å²) in [4.78, 5) is 24.3. The van der Waals surface area contributed by atoms with E-state index in [4.69, 9.17) is 0 Å². The highest BCUT2D eigenvalue weighted by Gasteiger charge is 2.17. The molecule has 2 rings (SSSR count). The number of nitrogens with zero attached hydrogens (tertiary/aromatic N) is 1. The van der Waals surface area contributed by atoms with Crippen LogP contribution in [0.1, 0.15) is 22.8 Å². The third-order valence-corrected chi connectivity index (χ3v) is 5.19. The van der Waals surface area contributed by atoms with Crippen LogP contribution in [0.5, 0.6) is 5.75 Å². The van der Waals surface area contributed by atoms with E-state index in [-0.39, 0.29) is 11.7 Å². The second kappa shape index (κ2) is 9.29. The maximum atomic E-state index is 12.2. The molecule has 9 heteroatoms. The van der Waals surface area contributed by atoms with Gasteiger partial charge in [0.25, 0.3) is 11.8 Å². The number of benzene rings is 2. The second-order valence-electron chi connectivity index (χ2n) is 5.24. The van der Waals surface area contributed by atoms with Crippen LogP contribution in [-0.4, -0.2) is 29.2 Å². The highest BCUT2D eigenvalue weighted by molar-refractivity contribution is 9.11. The van der Waals surface area contributed by atoms with E-state index in [2.05, 4.69) is 63.6 Å². The number of rotatable bonds is 5. The fourth-order valence-corrected chi connectivity index (χ4v) is 3.60.